The van der Waals surface area contributed by atoms with Crippen molar-refractivity contribution in [3.63, 3.8) is 0 Å². The minimum atomic E-state index is -3.47. The normalized spacial score (nSPS) is 11.6. The molecule has 0 aliphatic heterocycles. The number of rotatable bonds is 9. The zero-order chi connectivity index (χ0) is 30.5. The van der Waals surface area contributed by atoms with Crippen molar-refractivity contribution >= 4 is 17.8 Å². The number of aryl methyl sites for hydroxylation is 3. The van der Waals surface area contributed by atoms with Crippen molar-refractivity contribution in [2.24, 2.45) is 0 Å². The summed E-state index contributed by atoms with van der Waals surface area (Å²) in [6, 6.07) is 6.71. The molecule has 0 saturated heterocycles. The second-order valence-electron chi connectivity index (χ2n) is 10.4. The van der Waals surface area contributed by atoms with Gasteiger partial charge in [0.2, 0.25) is 5.91 Å². The third-order valence-electron chi connectivity index (χ3n) is 5.85. The smallest absolute Gasteiger partial charge is 0.413 e. The molecular formula is C27H33F2N7O5. The summed E-state index contributed by atoms with van der Waals surface area (Å²) in [6.45, 7) is 8.71. The van der Waals surface area contributed by atoms with E-state index in [-0.39, 0.29) is 18.1 Å². The van der Waals surface area contributed by atoms with Crippen LogP contribution in [-0.4, -0.2) is 43.4 Å². The van der Waals surface area contributed by atoms with Crippen LogP contribution in [0.15, 0.2) is 46.1 Å². The average Bonchev–Trinajstić information content (AvgIpc) is 2.85. The topological polar surface area (TPSA) is 149 Å². The highest BCUT2D eigenvalue weighted by Crippen LogP contribution is 2.24. The van der Waals surface area contributed by atoms with Gasteiger partial charge in [0, 0.05) is 30.2 Å². The van der Waals surface area contributed by atoms with Crippen molar-refractivity contribution < 1.29 is 23.1 Å². The van der Waals surface area contributed by atoms with Crippen molar-refractivity contribution in [1.82, 2.24) is 24.5 Å². The number of anilines is 1. The van der Waals surface area contributed by atoms with Crippen LogP contribution in [0.1, 0.15) is 49.0 Å². The van der Waals surface area contributed by atoms with Crippen LogP contribution in [0.4, 0.5) is 19.4 Å². The van der Waals surface area contributed by atoms with Gasteiger partial charge in [0.05, 0.1) is 0 Å². The van der Waals surface area contributed by atoms with E-state index in [0.717, 1.165) is 22.3 Å². The molecule has 0 unspecified atom stereocenters. The summed E-state index contributed by atoms with van der Waals surface area (Å²) in [6.07, 6.45) is 0.559. The molecule has 14 heteroatoms. The lowest BCUT2D eigenvalue weighted by Crippen LogP contribution is -2.48. The lowest BCUT2D eigenvalue weighted by molar-refractivity contribution is -0.121. The molecule has 3 aromatic heterocycles. The Morgan fingerprint density at radius 1 is 1.07 bits per heavy atom. The van der Waals surface area contributed by atoms with E-state index in [1.165, 1.54) is 25.3 Å². The number of alkyl halides is 2. The van der Waals surface area contributed by atoms with E-state index in [1.807, 2.05) is 0 Å². The fraction of sp³-hybridized carbons (Fsp3) is 0.407. The Labute approximate surface area is 234 Å². The second kappa shape index (κ2) is 12.3. The van der Waals surface area contributed by atoms with E-state index in [9.17, 15) is 28.0 Å². The molecule has 0 saturated carbocycles. The fourth-order valence-corrected chi connectivity index (χ4v) is 3.86. The fourth-order valence-electron chi connectivity index (χ4n) is 3.86. The van der Waals surface area contributed by atoms with Crippen LogP contribution in [0.3, 0.4) is 0 Å². The van der Waals surface area contributed by atoms with Gasteiger partial charge in [-0.05, 0) is 70.9 Å². The average molecular weight is 574 g/mol. The molecule has 0 aromatic carbocycles. The van der Waals surface area contributed by atoms with Gasteiger partial charge in [-0.2, -0.15) is 13.5 Å². The van der Waals surface area contributed by atoms with E-state index in [0.29, 0.717) is 15.9 Å². The molecule has 3 heterocycles. The van der Waals surface area contributed by atoms with E-state index in [1.54, 1.807) is 40.7 Å². The number of pyridine rings is 2. The van der Waals surface area contributed by atoms with Gasteiger partial charge in [0.25, 0.3) is 5.56 Å². The van der Waals surface area contributed by atoms with Gasteiger partial charge in [-0.1, -0.05) is 6.07 Å². The molecule has 12 nitrogen and oxygen atoms in total. The summed E-state index contributed by atoms with van der Waals surface area (Å²) >= 11 is 0. The molecule has 0 radical (unpaired) electrons. The van der Waals surface area contributed by atoms with Gasteiger partial charge in [-0.3, -0.25) is 24.5 Å². The Balaban J connectivity index is 1.69. The van der Waals surface area contributed by atoms with E-state index in [2.05, 4.69) is 26.0 Å². The molecular weight excluding hydrogens is 540 g/mol. The summed E-state index contributed by atoms with van der Waals surface area (Å²) in [5.74, 6) is -3.74. The standard InChI is InChI=1S/C27H33F2N7O5/c1-16-11-21(34-24(39)41-26(4,5)6)33-18(3)19(16)13-31-22(37)14-35-17(2)12-23(38)36(25(35)40)32-15-27(28,29)20-9-7-8-10-30-20/h7-12,32H,13-15H2,1-6H3,(H,31,37)(H,33,34,39). The predicted octanol–water partition coefficient (Wildman–Crippen LogP) is 2.72. The molecule has 3 N–H and O–H groups in total. The summed E-state index contributed by atoms with van der Waals surface area (Å²) in [7, 11) is 0. The lowest BCUT2D eigenvalue weighted by atomic mass is 10.1. The maximum atomic E-state index is 14.5. The van der Waals surface area contributed by atoms with E-state index >= 15 is 0 Å². The number of ether oxygens (including phenoxy) is 1. The van der Waals surface area contributed by atoms with Crippen molar-refractivity contribution in [2.45, 2.75) is 66.2 Å². The first-order valence-corrected chi connectivity index (χ1v) is 12.7. The third-order valence-corrected chi connectivity index (χ3v) is 5.85. The summed E-state index contributed by atoms with van der Waals surface area (Å²) in [5.41, 5.74) is 1.30. The summed E-state index contributed by atoms with van der Waals surface area (Å²) in [5, 5.41) is 5.27. The highest BCUT2D eigenvalue weighted by molar-refractivity contribution is 5.83. The lowest BCUT2D eigenvalue weighted by Gasteiger charge is -2.20. The monoisotopic (exact) mass is 573 g/mol. The first-order chi connectivity index (χ1) is 19.1. The van der Waals surface area contributed by atoms with Crippen LogP contribution in [0.5, 0.6) is 0 Å². The Kier molecular flexibility index (Phi) is 9.25. The maximum Gasteiger partial charge on any atom is 0.413 e. The van der Waals surface area contributed by atoms with Crippen LogP contribution in [0.2, 0.25) is 0 Å². The summed E-state index contributed by atoms with van der Waals surface area (Å²) < 4.78 is 35.7. The van der Waals surface area contributed by atoms with E-state index in [4.69, 9.17) is 4.74 Å². The Morgan fingerprint density at radius 3 is 2.39 bits per heavy atom. The molecule has 2 amide bonds. The SMILES string of the molecule is Cc1cc(NC(=O)OC(C)(C)C)nc(C)c1CNC(=O)Cn1c(C)cc(=O)n(NCC(F)(F)c2ccccn2)c1=O. The Bertz CT molecular complexity index is 1520. The number of halogens is 2. The van der Waals surface area contributed by atoms with Crippen LogP contribution >= 0.6 is 0 Å². The first kappa shape index (κ1) is 30.9. The van der Waals surface area contributed by atoms with Crippen LogP contribution < -0.4 is 27.3 Å². The molecule has 220 valence electrons. The highest BCUT2D eigenvalue weighted by atomic mass is 19.3. The molecule has 0 atom stereocenters. The second-order valence-corrected chi connectivity index (χ2v) is 10.4. The number of hydrogen-bond donors (Lipinski definition) is 3. The molecule has 3 aromatic rings. The van der Waals surface area contributed by atoms with Crippen LogP contribution in [-0.2, 0) is 28.5 Å². The zero-order valence-electron chi connectivity index (χ0n) is 23.7. The van der Waals surface area contributed by atoms with Gasteiger partial charge in [-0.25, -0.2) is 14.6 Å². The molecule has 0 bridgehead atoms. The maximum absolute atomic E-state index is 14.5. The minimum Gasteiger partial charge on any atom is -0.444 e. The molecule has 0 fully saturated rings. The Hall–Kier alpha value is -4.62. The molecule has 0 aliphatic rings. The van der Waals surface area contributed by atoms with Crippen molar-refractivity contribution in [3.8, 4) is 0 Å². The number of nitrogens with zero attached hydrogens (tertiary/aromatic N) is 4. The van der Waals surface area contributed by atoms with Crippen LogP contribution in [0, 0.1) is 20.8 Å². The third kappa shape index (κ3) is 8.19. The van der Waals surface area contributed by atoms with Gasteiger partial charge in [-0.15, -0.1) is 0 Å². The largest absolute Gasteiger partial charge is 0.444 e. The number of amides is 2. The predicted molar refractivity (Wildman–Crippen MR) is 147 cm³/mol. The van der Waals surface area contributed by atoms with Crippen LogP contribution in [0.25, 0.3) is 0 Å². The number of carbonyl (C=O) groups is 2. The van der Waals surface area contributed by atoms with Gasteiger partial charge in [0.15, 0.2) is 0 Å². The number of nitrogens with one attached hydrogen (secondary N) is 3. The molecule has 0 spiro atoms. The number of hydrogen-bond acceptors (Lipinski definition) is 8. The van der Waals surface area contributed by atoms with E-state index < -0.39 is 53.6 Å². The first-order valence-electron chi connectivity index (χ1n) is 12.7. The zero-order valence-corrected chi connectivity index (χ0v) is 23.7. The molecule has 3 rings (SSSR count). The molecule has 41 heavy (non-hydrogen) atoms. The quantitative estimate of drug-likeness (QED) is 0.354. The Morgan fingerprint density at radius 2 is 1.78 bits per heavy atom. The number of aromatic nitrogens is 4. The van der Waals surface area contributed by atoms with Gasteiger partial charge in [0.1, 0.15) is 30.2 Å². The van der Waals surface area contributed by atoms with Gasteiger partial charge < -0.3 is 15.5 Å². The van der Waals surface area contributed by atoms with Crippen molar-refractivity contribution in [1.29, 1.82) is 0 Å². The minimum absolute atomic E-state index is 0.0677. The van der Waals surface area contributed by atoms with Gasteiger partial charge >= 0.3 is 17.7 Å². The number of carbonyl (C=O) groups excluding carboxylic acids is 2. The van der Waals surface area contributed by atoms with Crippen molar-refractivity contribution in [3.05, 3.63) is 85.6 Å². The highest BCUT2D eigenvalue weighted by Gasteiger charge is 2.33. The van der Waals surface area contributed by atoms with Crippen molar-refractivity contribution in [2.75, 3.05) is 17.3 Å². The summed E-state index contributed by atoms with van der Waals surface area (Å²) in [4.78, 5) is 58.1. The molecule has 0 aliphatic carbocycles.